The van der Waals surface area contributed by atoms with Gasteiger partial charge in [-0.3, -0.25) is 4.79 Å². The van der Waals surface area contributed by atoms with Gasteiger partial charge in [-0.05, 0) is 55.2 Å². The summed E-state index contributed by atoms with van der Waals surface area (Å²) in [5.41, 5.74) is 0.0580. The number of nitrogens with zero attached hydrogens (tertiary/aromatic N) is 4. The van der Waals surface area contributed by atoms with Crippen molar-refractivity contribution in [3.05, 3.63) is 64.1 Å². The number of benzene rings is 1. The third-order valence-corrected chi connectivity index (χ3v) is 10.6. The molecule has 8 nitrogen and oxygen atoms in total. The molecule has 0 amide bonds. The molecule has 3 heterocycles. The van der Waals surface area contributed by atoms with Gasteiger partial charge in [0.05, 0.1) is 12.3 Å². The van der Waals surface area contributed by atoms with Crippen LogP contribution in [0.5, 0.6) is 5.75 Å². The van der Waals surface area contributed by atoms with Gasteiger partial charge >= 0.3 is 5.56 Å². The Morgan fingerprint density at radius 2 is 1.76 bits per heavy atom. The predicted octanol–water partition coefficient (Wildman–Crippen LogP) is 4.29. The zero-order valence-electron chi connectivity index (χ0n) is 20.8. The molecule has 198 valence electrons. The molecule has 0 unspecified atom stereocenters. The van der Waals surface area contributed by atoms with Crippen LogP contribution in [0.3, 0.4) is 0 Å². The van der Waals surface area contributed by atoms with E-state index in [0.717, 1.165) is 36.8 Å². The molecule has 1 saturated heterocycles. The van der Waals surface area contributed by atoms with Crippen molar-refractivity contribution >= 4 is 27.0 Å². The molecule has 0 atom stereocenters. The van der Waals surface area contributed by atoms with Gasteiger partial charge in [-0.1, -0.05) is 31.5 Å². The maximum Gasteiger partial charge on any atom is 0.316 e. The van der Waals surface area contributed by atoms with Crippen LogP contribution < -0.4 is 15.2 Å². The fourth-order valence-electron chi connectivity index (χ4n) is 5.09. The number of para-hydroxylation sites is 1. The first-order chi connectivity index (χ1) is 17.9. The van der Waals surface area contributed by atoms with Gasteiger partial charge in [-0.15, -0.1) is 11.3 Å². The summed E-state index contributed by atoms with van der Waals surface area (Å²) in [7, 11) is -3.55. The molecule has 11 heteroatoms. The molecule has 5 rings (SSSR count). The normalized spacial score (nSPS) is 21.2. The topological polar surface area (TPSA) is 84.7 Å². The van der Waals surface area contributed by atoms with Gasteiger partial charge < -0.3 is 9.64 Å². The molecular weight excluding hydrogens is 515 g/mol. The van der Waals surface area contributed by atoms with E-state index in [-0.39, 0.29) is 30.6 Å². The van der Waals surface area contributed by atoms with Crippen molar-refractivity contribution in [3.8, 4) is 11.4 Å². The Kier molecular flexibility index (Phi) is 7.64. The number of halogens is 1. The smallest absolute Gasteiger partial charge is 0.316 e. The number of rotatable bonds is 7. The standard InChI is InChI=1S/C26H31FN4O4S2/c1-2-19-9-11-20(12-10-19)35-25-23(18-28-31(26(25)32)22-7-4-3-6-21(22)27)29-13-15-30(16-14-29)37(33,34)24-8-5-17-36-24/h3-8,17-20H,2,9-16H2,1H3. The molecule has 0 spiro atoms. The summed E-state index contributed by atoms with van der Waals surface area (Å²) in [6.07, 6.45) is 6.35. The SMILES string of the molecule is CCC1CCC(Oc2c(N3CCN(S(=O)(=O)c4cccs4)CC3)cnn(-c3ccccc3F)c2=O)CC1. The fourth-order valence-corrected chi connectivity index (χ4v) is 7.66. The zero-order valence-corrected chi connectivity index (χ0v) is 22.4. The Hall–Kier alpha value is -2.76. The van der Waals surface area contributed by atoms with Gasteiger partial charge in [-0.25, -0.2) is 12.8 Å². The largest absolute Gasteiger partial charge is 0.483 e. The first-order valence-electron chi connectivity index (χ1n) is 12.7. The van der Waals surface area contributed by atoms with Crippen molar-refractivity contribution in [1.29, 1.82) is 0 Å². The summed E-state index contributed by atoms with van der Waals surface area (Å²) >= 11 is 1.20. The predicted molar refractivity (Wildman–Crippen MR) is 142 cm³/mol. The lowest BCUT2D eigenvalue weighted by Gasteiger charge is -2.36. The highest BCUT2D eigenvalue weighted by molar-refractivity contribution is 7.91. The van der Waals surface area contributed by atoms with Crippen molar-refractivity contribution < 1.29 is 17.5 Å². The quantitative estimate of drug-likeness (QED) is 0.440. The summed E-state index contributed by atoms with van der Waals surface area (Å²) in [5.74, 6) is 0.268. The summed E-state index contributed by atoms with van der Waals surface area (Å²) in [5, 5.41) is 6.03. The van der Waals surface area contributed by atoms with Gasteiger partial charge in [0.15, 0.2) is 0 Å². The lowest BCUT2D eigenvalue weighted by Crippen LogP contribution is -2.49. The van der Waals surface area contributed by atoms with E-state index in [1.54, 1.807) is 29.6 Å². The Morgan fingerprint density at radius 1 is 1.03 bits per heavy atom. The lowest BCUT2D eigenvalue weighted by molar-refractivity contribution is 0.128. The van der Waals surface area contributed by atoms with Gasteiger partial charge in [0, 0.05) is 26.2 Å². The van der Waals surface area contributed by atoms with Crippen LogP contribution in [-0.2, 0) is 10.0 Å². The average Bonchev–Trinajstić information content (AvgIpc) is 3.47. The second-order valence-corrected chi connectivity index (χ2v) is 12.6. The molecule has 2 fully saturated rings. The fraction of sp³-hybridized carbons (Fsp3) is 0.462. The maximum atomic E-state index is 14.5. The van der Waals surface area contributed by atoms with E-state index in [0.29, 0.717) is 28.9 Å². The summed E-state index contributed by atoms with van der Waals surface area (Å²) in [4.78, 5) is 15.6. The number of piperazine rings is 1. The molecule has 1 aliphatic carbocycles. The molecule has 0 bridgehead atoms. The highest BCUT2D eigenvalue weighted by atomic mass is 32.2. The average molecular weight is 547 g/mol. The van der Waals surface area contributed by atoms with Crippen LogP contribution in [0, 0.1) is 11.7 Å². The van der Waals surface area contributed by atoms with Gasteiger partial charge in [0.25, 0.3) is 10.0 Å². The minimum absolute atomic E-state index is 0.0606. The van der Waals surface area contributed by atoms with E-state index in [1.807, 2.05) is 4.90 Å². The Balaban J connectivity index is 1.43. The van der Waals surface area contributed by atoms with Crippen molar-refractivity contribution in [3.63, 3.8) is 0 Å². The molecule has 0 radical (unpaired) electrons. The van der Waals surface area contributed by atoms with E-state index in [2.05, 4.69) is 12.0 Å². The Labute approximate surface area is 220 Å². The molecule has 0 N–H and O–H groups in total. The molecule has 2 aromatic heterocycles. The number of thiophene rings is 1. The van der Waals surface area contributed by atoms with Gasteiger partial charge in [0.1, 0.15) is 21.4 Å². The van der Waals surface area contributed by atoms with Crippen molar-refractivity contribution in [2.75, 3.05) is 31.1 Å². The third-order valence-electron chi connectivity index (χ3n) is 7.32. The maximum absolute atomic E-state index is 14.5. The van der Waals surface area contributed by atoms with Crippen LogP contribution in [0.15, 0.2) is 57.0 Å². The van der Waals surface area contributed by atoms with Gasteiger partial charge in [0.2, 0.25) is 5.75 Å². The van der Waals surface area contributed by atoms with Gasteiger partial charge in [-0.2, -0.15) is 14.1 Å². The van der Waals surface area contributed by atoms with Crippen LogP contribution >= 0.6 is 11.3 Å². The van der Waals surface area contributed by atoms with E-state index in [4.69, 9.17) is 4.74 Å². The Bertz CT molecular complexity index is 1380. The second-order valence-electron chi connectivity index (χ2n) is 9.52. The van der Waals surface area contributed by atoms with Crippen LogP contribution in [0.1, 0.15) is 39.0 Å². The van der Waals surface area contributed by atoms with Crippen LogP contribution in [-0.4, -0.2) is 54.8 Å². The highest BCUT2D eigenvalue weighted by Gasteiger charge is 2.32. The number of sulfonamides is 1. The molecule has 1 aliphatic heterocycles. The van der Waals surface area contributed by atoms with Crippen LogP contribution in [0.25, 0.3) is 5.69 Å². The second kappa shape index (κ2) is 10.9. The molecule has 3 aromatic rings. The molecule has 2 aliphatic rings. The molecule has 1 aromatic carbocycles. The number of anilines is 1. The van der Waals surface area contributed by atoms with Crippen molar-refractivity contribution in [2.45, 2.75) is 49.3 Å². The monoisotopic (exact) mass is 546 g/mol. The van der Waals surface area contributed by atoms with Crippen molar-refractivity contribution in [2.24, 2.45) is 5.92 Å². The number of hydrogen-bond donors (Lipinski definition) is 0. The van der Waals surface area contributed by atoms with E-state index in [1.165, 1.54) is 34.0 Å². The summed E-state index contributed by atoms with van der Waals surface area (Å²) in [6.45, 7) is 3.51. The summed E-state index contributed by atoms with van der Waals surface area (Å²) < 4.78 is 49.6. The first-order valence-corrected chi connectivity index (χ1v) is 15.0. The third kappa shape index (κ3) is 5.30. The minimum Gasteiger partial charge on any atom is -0.483 e. The first kappa shape index (κ1) is 25.9. The zero-order chi connectivity index (χ0) is 26.0. The van der Waals surface area contributed by atoms with E-state index in [9.17, 15) is 17.6 Å². The van der Waals surface area contributed by atoms with E-state index < -0.39 is 21.4 Å². The lowest BCUT2D eigenvalue weighted by atomic mass is 9.86. The minimum atomic E-state index is -3.55. The van der Waals surface area contributed by atoms with Crippen LogP contribution in [0.2, 0.25) is 0 Å². The molecule has 37 heavy (non-hydrogen) atoms. The van der Waals surface area contributed by atoms with E-state index >= 15 is 0 Å². The summed E-state index contributed by atoms with van der Waals surface area (Å²) in [6, 6.07) is 9.34. The Morgan fingerprint density at radius 3 is 2.41 bits per heavy atom. The molecule has 1 saturated carbocycles. The number of aromatic nitrogens is 2. The van der Waals surface area contributed by atoms with Crippen molar-refractivity contribution in [1.82, 2.24) is 14.1 Å². The molecular formula is C26H31FN4O4S2. The van der Waals surface area contributed by atoms with Crippen LogP contribution in [0.4, 0.5) is 10.1 Å². The number of hydrogen-bond acceptors (Lipinski definition) is 7. The number of ether oxygens (including phenoxy) is 1. The highest BCUT2D eigenvalue weighted by Crippen LogP contribution is 2.33.